The lowest BCUT2D eigenvalue weighted by atomic mass is 10.0. The molecule has 0 fully saturated rings. The highest BCUT2D eigenvalue weighted by molar-refractivity contribution is 5.99. The SMILES string of the molecule is CC(=O)NCC(=O)NC(C(=O)N[C@@H](CCCN=CN)C(=O)Nc1ccc2c(C)cc(=O)oc2c1)C(C)C.CN.Cc1ccccc1. The van der Waals surface area contributed by atoms with Crippen LogP contribution >= 0.6 is 0 Å². The van der Waals surface area contributed by atoms with Crippen molar-refractivity contribution in [2.45, 2.75) is 59.5 Å². The molecule has 0 aliphatic rings. The van der Waals surface area contributed by atoms with Gasteiger partial charge in [-0.1, -0.05) is 49.7 Å². The molecule has 1 heterocycles. The largest absolute Gasteiger partial charge is 0.423 e. The molecule has 2 aromatic carbocycles. The van der Waals surface area contributed by atoms with Crippen LogP contribution in [-0.4, -0.2) is 62.2 Å². The zero-order valence-corrected chi connectivity index (χ0v) is 27.4. The molecular weight excluding hydrogens is 590 g/mol. The second-order valence-corrected chi connectivity index (χ2v) is 10.6. The van der Waals surface area contributed by atoms with Gasteiger partial charge in [0.25, 0.3) is 0 Å². The van der Waals surface area contributed by atoms with E-state index in [4.69, 9.17) is 10.2 Å². The van der Waals surface area contributed by atoms with E-state index in [1.54, 1.807) is 39.0 Å². The quantitative estimate of drug-likeness (QED) is 0.0748. The van der Waals surface area contributed by atoms with E-state index in [1.807, 2.05) is 18.2 Å². The summed E-state index contributed by atoms with van der Waals surface area (Å²) in [5, 5.41) is 11.2. The van der Waals surface area contributed by atoms with Crippen LogP contribution in [-0.2, 0) is 19.2 Å². The van der Waals surface area contributed by atoms with Crippen molar-refractivity contribution >= 4 is 46.6 Å². The van der Waals surface area contributed by atoms with Crippen LogP contribution in [0, 0.1) is 19.8 Å². The summed E-state index contributed by atoms with van der Waals surface area (Å²) in [7, 11) is 1.50. The van der Waals surface area contributed by atoms with Crippen molar-refractivity contribution in [1.82, 2.24) is 16.0 Å². The summed E-state index contributed by atoms with van der Waals surface area (Å²) in [6.07, 6.45) is 1.87. The number of aliphatic imine (C=N–C) groups is 1. The van der Waals surface area contributed by atoms with Gasteiger partial charge in [0.15, 0.2) is 0 Å². The minimum Gasteiger partial charge on any atom is -0.423 e. The number of carbonyl (C=O) groups is 4. The molecule has 46 heavy (non-hydrogen) atoms. The minimum absolute atomic E-state index is 0.251. The van der Waals surface area contributed by atoms with Gasteiger partial charge in [0.2, 0.25) is 23.6 Å². The second kappa shape index (κ2) is 20.8. The van der Waals surface area contributed by atoms with Gasteiger partial charge in [0.05, 0.1) is 12.9 Å². The van der Waals surface area contributed by atoms with Crippen molar-refractivity contribution in [2.24, 2.45) is 22.4 Å². The third-order valence-corrected chi connectivity index (χ3v) is 6.44. The molecule has 0 saturated carbocycles. The molecule has 0 aliphatic carbocycles. The third-order valence-electron chi connectivity index (χ3n) is 6.44. The maximum atomic E-state index is 13.2. The Morgan fingerprint density at radius 3 is 2.20 bits per heavy atom. The highest BCUT2D eigenvalue weighted by Crippen LogP contribution is 2.21. The standard InChI is InChI=1S/C25H34N6O6.C7H8.CH5N/c1-14(2)23(31-21(33)12-28-16(4)32)25(36)30-19(6-5-9-27-13-26)24(35)29-17-7-8-18-15(3)10-22(34)37-20(18)11-17;1-7-5-3-2-4-6-7;1-2/h7-8,10-11,13-14,19,23H,5-6,9,12H2,1-4H3,(H2,26,27)(H,28,32)(H,29,35)(H,30,36)(H,31,33);2-6H,1H3;2H2,1H3/t19-,23?;;/m0../s1. The third kappa shape index (κ3) is 14.2. The number of nitrogens with two attached hydrogens (primary N) is 2. The van der Waals surface area contributed by atoms with E-state index in [9.17, 15) is 24.0 Å². The van der Waals surface area contributed by atoms with Gasteiger partial charge >= 0.3 is 5.63 Å². The summed E-state index contributed by atoms with van der Waals surface area (Å²) in [5.74, 6) is -2.24. The Kier molecular flexibility index (Phi) is 17.7. The number of hydrogen-bond acceptors (Lipinski definition) is 8. The summed E-state index contributed by atoms with van der Waals surface area (Å²) in [4.78, 5) is 65.1. The van der Waals surface area contributed by atoms with Gasteiger partial charge in [0, 0.05) is 36.7 Å². The average Bonchev–Trinajstić information content (AvgIpc) is 3.01. The van der Waals surface area contributed by atoms with E-state index in [-0.39, 0.29) is 24.8 Å². The lowest BCUT2D eigenvalue weighted by Gasteiger charge is -2.25. The molecule has 0 saturated heterocycles. The Labute approximate surface area is 269 Å². The minimum atomic E-state index is -0.950. The van der Waals surface area contributed by atoms with Gasteiger partial charge in [0.1, 0.15) is 17.7 Å². The summed E-state index contributed by atoms with van der Waals surface area (Å²) >= 11 is 0. The van der Waals surface area contributed by atoms with Gasteiger partial charge in [-0.05, 0) is 57.4 Å². The lowest BCUT2D eigenvalue weighted by molar-refractivity contribution is -0.132. The Bertz CT molecular complexity index is 1510. The van der Waals surface area contributed by atoms with E-state index < -0.39 is 35.4 Å². The first-order valence-electron chi connectivity index (χ1n) is 14.9. The zero-order valence-electron chi connectivity index (χ0n) is 27.4. The Morgan fingerprint density at radius 2 is 1.63 bits per heavy atom. The van der Waals surface area contributed by atoms with Crippen LogP contribution in [0.2, 0.25) is 0 Å². The van der Waals surface area contributed by atoms with Gasteiger partial charge in [-0.15, -0.1) is 0 Å². The van der Waals surface area contributed by atoms with Gasteiger partial charge in [-0.3, -0.25) is 24.2 Å². The van der Waals surface area contributed by atoms with Crippen molar-refractivity contribution in [3.63, 3.8) is 0 Å². The summed E-state index contributed by atoms with van der Waals surface area (Å²) in [5.41, 5.74) is 12.1. The molecule has 250 valence electrons. The number of rotatable bonds is 12. The van der Waals surface area contributed by atoms with Crippen molar-refractivity contribution in [1.29, 1.82) is 0 Å². The van der Waals surface area contributed by atoms with E-state index in [2.05, 4.69) is 51.0 Å². The number of carbonyl (C=O) groups excluding carboxylic acids is 4. The first-order valence-corrected chi connectivity index (χ1v) is 14.9. The summed E-state index contributed by atoms with van der Waals surface area (Å²) < 4.78 is 5.24. The first kappa shape index (κ1) is 39.0. The molecule has 3 aromatic rings. The van der Waals surface area contributed by atoms with Crippen LogP contribution in [0.4, 0.5) is 5.69 Å². The number of fused-ring (bicyclic) bond motifs is 1. The molecule has 2 atom stereocenters. The molecule has 0 aliphatic heterocycles. The predicted molar refractivity (Wildman–Crippen MR) is 181 cm³/mol. The lowest BCUT2D eigenvalue weighted by Crippen LogP contribution is -2.55. The number of nitrogens with zero attached hydrogens (tertiary/aromatic N) is 1. The Balaban J connectivity index is 0.00000102. The number of aryl methyl sites for hydroxylation is 2. The molecule has 3 rings (SSSR count). The number of anilines is 1. The second-order valence-electron chi connectivity index (χ2n) is 10.6. The highest BCUT2D eigenvalue weighted by Gasteiger charge is 2.29. The van der Waals surface area contributed by atoms with Crippen LogP contribution in [0.25, 0.3) is 11.0 Å². The molecule has 1 unspecified atom stereocenters. The van der Waals surface area contributed by atoms with Crippen LogP contribution < -0.4 is 38.4 Å². The Hall–Kier alpha value is -5.04. The Morgan fingerprint density at radius 1 is 0.957 bits per heavy atom. The number of nitrogens with one attached hydrogen (secondary N) is 4. The van der Waals surface area contributed by atoms with Gasteiger partial charge in [-0.2, -0.15) is 0 Å². The fourth-order valence-corrected chi connectivity index (χ4v) is 4.12. The molecular formula is C33H47N7O6. The highest BCUT2D eigenvalue weighted by atomic mass is 16.4. The fourth-order valence-electron chi connectivity index (χ4n) is 4.12. The predicted octanol–water partition coefficient (Wildman–Crippen LogP) is 2.14. The number of hydrogen-bond donors (Lipinski definition) is 6. The molecule has 13 nitrogen and oxygen atoms in total. The van der Waals surface area contributed by atoms with Crippen molar-refractivity contribution in [2.75, 3.05) is 25.5 Å². The maximum absolute atomic E-state index is 13.2. The summed E-state index contributed by atoms with van der Waals surface area (Å²) in [6.45, 7) is 8.73. The fraction of sp³-hybridized carbons (Fsp3) is 0.394. The first-order chi connectivity index (χ1) is 21.9. The number of amides is 4. The molecule has 0 radical (unpaired) electrons. The number of benzene rings is 2. The molecule has 0 bridgehead atoms. The van der Waals surface area contributed by atoms with Gasteiger partial charge in [-0.25, -0.2) is 4.79 Å². The monoisotopic (exact) mass is 637 g/mol. The normalized spacial score (nSPS) is 11.7. The van der Waals surface area contributed by atoms with E-state index in [1.165, 1.54) is 25.6 Å². The average molecular weight is 638 g/mol. The van der Waals surface area contributed by atoms with E-state index in [0.717, 1.165) is 17.3 Å². The molecule has 0 spiro atoms. The van der Waals surface area contributed by atoms with Crippen molar-refractivity contribution in [3.05, 3.63) is 76.1 Å². The molecule has 8 N–H and O–H groups in total. The van der Waals surface area contributed by atoms with Crippen molar-refractivity contribution in [3.8, 4) is 0 Å². The van der Waals surface area contributed by atoms with Crippen LogP contribution in [0.1, 0.15) is 44.7 Å². The van der Waals surface area contributed by atoms with E-state index >= 15 is 0 Å². The maximum Gasteiger partial charge on any atom is 0.336 e. The molecule has 4 amide bonds. The topological polar surface area (TPSA) is 211 Å². The zero-order chi connectivity index (χ0) is 34.6. The van der Waals surface area contributed by atoms with Crippen LogP contribution in [0.5, 0.6) is 0 Å². The van der Waals surface area contributed by atoms with E-state index in [0.29, 0.717) is 24.2 Å². The molecule has 1 aromatic heterocycles. The molecule has 13 heteroatoms. The van der Waals surface area contributed by atoms with Crippen LogP contribution in [0.15, 0.2) is 68.8 Å². The van der Waals surface area contributed by atoms with Gasteiger partial charge < -0.3 is 37.2 Å². The summed E-state index contributed by atoms with van der Waals surface area (Å²) in [6, 6.07) is 14.7. The van der Waals surface area contributed by atoms with Crippen molar-refractivity contribution < 1.29 is 23.6 Å². The smallest absolute Gasteiger partial charge is 0.336 e. The van der Waals surface area contributed by atoms with Crippen LogP contribution in [0.3, 0.4) is 0 Å².